The molecule has 4 atom stereocenters. The van der Waals surface area contributed by atoms with Crippen molar-refractivity contribution in [2.24, 2.45) is 23.2 Å². The lowest BCUT2D eigenvalue weighted by atomic mass is 9.54. The molecular weight excluding hydrogens is 256 g/mol. The van der Waals surface area contributed by atoms with Gasteiger partial charge in [-0.25, -0.2) is 0 Å². The summed E-state index contributed by atoms with van der Waals surface area (Å²) >= 11 is 0. The number of ether oxygens (including phenoxy) is 1. The molecule has 0 spiro atoms. The molecule has 1 heteroatoms. The second-order valence-corrected chi connectivity index (χ2v) is 7.90. The van der Waals surface area contributed by atoms with Gasteiger partial charge in [0.1, 0.15) is 0 Å². The van der Waals surface area contributed by atoms with Crippen LogP contribution < -0.4 is 0 Å². The lowest BCUT2D eigenvalue weighted by Gasteiger charge is -2.50. The maximum absolute atomic E-state index is 5.49. The number of hydrogen-bond acceptors (Lipinski definition) is 1. The summed E-state index contributed by atoms with van der Waals surface area (Å²) in [6.45, 7) is 6.92. The monoisotopic (exact) mass is 284 g/mol. The molecule has 0 radical (unpaired) electrons. The minimum absolute atomic E-state index is 0.460. The van der Waals surface area contributed by atoms with Crippen LogP contribution in [0.3, 0.4) is 0 Å². The minimum Gasteiger partial charge on any atom is -0.501 e. The third-order valence-electron chi connectivity index (χ3n) is 7.27. The molecule has 0 aromatic carbocycles. The van der Waals surface area contributed by atoms with E-state index >= 15 is 0 Å². The average molecular weight is 284 g/mol. The Morgan fingerprint density at radius 2 is 2.10 bits per heavy atom. The zero-order valence-electron chi connectivity index (χ0n) is 13.6. The van der Waals surface area contributed by atoms with Gasteiger partial charge in [0.05, 0.1) is 12.9 Å². The lowest BCUT2D eigenvalue weighted by Crippen LogP contribution is -2.41. The van der Waals surface area contributed by atoms with E-state index in [2.05, 4.69) is 19.6 Å². The second kappa shape index (κ2) is 4.76. The van der Waals surface area contributed by atoms with E-state index in [1.54, 1.807) is 16.7 Å². The first kappa shape index (κ1) is 13.7. The van der Waals surface area contributed by atoms with E-state index in [1.165, 1.54) is 44.3 Å². The van der Waals surface area contributed by atoms with Gasteiger partial charge in [-0.05, 0) is 74.2 Å². The average Bonchev–Trinajstić information content (AvgIpc) is 2.82. The van der Waals surface area contributed by atoms with Crippen LogP contribution in [0.15, 0.2) is 35.1 Å². The SMILES string of the molecule is C=C1CCC2C3CCC4=C(CC=C(OC)C4)C3CC[C@]12C. The van der Waals surface area contributed by atoms with Gasteiger partial charge in [0.2, 0.25) is 0 Å². The summed E-state index contributed by atoms with van der Waals surface area (Å²) in [5.41, 5.74) is 5.53. The van der Waals surface area contributed by atoms with Crippen LogP contribution in [0.5, 0.6) is 0 Å². The van der Waals surface area contributed by atoms with Gasteiger partial charge in [0.25, 0.3) is 0 Å². The quantitative estimate of drug-likeness (QED) is 0.586. The largest absolute Gasteiger partial charge is 0.501 e. The highest BCUT2D eigenvalue weighted by atomic mass is 16.5. The molecule has 0 saturated heterocycles. The highest BCUT2D eigenvalue weighted by molar-refractivity contribution is 5.33. The van der Waals surface area contributed by atoms with Crippen molar-refractivity contribution < 1.29 is 4.74 Å². The molecule has 0 aromatic rings. The van der Waals surface area contributed by atoms with Crippen LogP contribution in [0, 0.1) is 23.2 Å². The number of hydrogen-bond donors (Lipinski definition) is 0. The Labute approximate surface area is 129 Å². The highest BCUT2D eigenvalue weighted by Crippen LogP contribution is 2.62. The molecule has 0 aromatic heterocycles. The maximum Gasteiger partial charge on any atom is 0.0959 e. The molecule has 0 amide bonds. The summed E-state index contributed by atoms with van der Waals surface area (Å²) in [6.07, 6.45) is 12.8. The summed E-state index contributed by atoms with van der Waals surface area (Å²) in [5.74, 6) is 3.90. The Kier molecular flexibility index (Phi) is 3.10. The highest BCUT2D eigenvalue weighted by Gasteiger charge is 2.52. The zero-order valence-corrected chi connectivity index (χ0v) is 13.6. The third-order valence-corrected chi connectivity index (χ3v) is 7.27. The van der Waals surface area contributed by atoms with Crippen molar-refractivity contribution in [2.45, 2.75) is 58.3 Å². The molecule has 114 valence electrons. The molecule has 0 bridgehead atoms. The third kappa shape index (κ3) is 1.89. The fraction of sp³-hybridized carbons (Fsp3) is 0.700. The van der Waals surface area contributed by atoms with Gasteiger partial charge in [-0.1, -0.05) is 30.2 Å². The van der Waals surface area contributed by atoms with E-state index in [4.69, 9.17) is 4.74 Å². The van der Waals surface area contributed by atoms with Crippen LogP contribution in [-0.2, 0) is 4.74 Å². The Hall–Kier alpha value is -0.980. The van der Waals surface area contributed by atoms with Gasteiger partial charge in [0.15, 0.2) is 0 Å². The van der Waals surface area contributed by atoms with Crippen molar-refractivity contribution in [1.29, 1.82) is 0 Å². The van der Waals surface area contributed by atoms with Crippen LogP contribution in [0.2, 0.25) is 0 Å². The molecule has 3 unspecified atom stereocenters. The van der Waals surface area contributed by atoms with Crippen molar-refractivity contribution in [2.75, 3.05) is 7.11 Å². The summed E-state index contributed by atoms with van der Waals surface area (Å²) in [5, 5.41) is 0. The minimum atomic E-state index is 0.460. The summed E-state index contributed by atoms with van der Waals surface area (Å²) in [4.78, 5) is 0. The molecule has 2 saturated carbocycles. The molecule has 2 fully saturated rings. The fourth-order valence-electron chi connectivity index (χ4n) is 5.95. The van der Waals surface area contributed by atoms with Crippen LogP contribution in [0.25, 0.3) is 0 Å². The smallest absolute Gasteiger partial charge is 0.0959 e. The molecule has 0 N–H and O–H groups in total. The molecule has 4 aliphatic carbocycles. The standard InChI is InChI=1S/C20H28O/c1-13-4-9-19-18-7-5-14-12-15(21-3)6-8-16(14)17(18)10-11-20(13,19)2/h6,17-19H,1,4-5,7-12H2,2-3H3/t17?,18?,19?,20-/m1/s1. The predicted octanol–water partition coefficient (Wildman–Crippen LogP) is 5.40. The van der Waals surface area contributed by atoms with Gasteiger partial charge in [0, 0.05) is 6.42 Å². The summed E-state index contributed by atoms with van der Waals surface area (Å²) in [6, 6.07) is 0. The lowest BCUT2D eigenvalue weighted by molar-refractivity contribution is 0.0619. The molecule has 21 heavy (non-hydrogen) atoms. The van der Waals surface area contributed by atoms with E-state index in [9.17, 15) is 0 Å². The first-order valence-corrected chi connectivity index (χ1v) is 8.75. The number of rotatable bonds is 1. The van der Waals surface area contributed by atoms with E-state index in [-0.39, 0.29) is 0 Å². The van der Waals surface area contributed by atoms with Crippen LogP contribution in [0.4, 0.5) is 0 Å². The predicted molar refractivity (Wildman–Crippen MR) is 86.8 cm³/mol. The van der Waals surface area contributed by atoms with Crippen LogP contribution in [0.1, 0.15) is 58.3 Å². The van der Waals surface area contributed by atoms with Crippen molar-refractivity contribution in [3.05, 3.63) is 35.1 Å². The Morgan fingerprint density at radius 1 is 1.24 bits per heavy atom. The van der Waals surface area contributed by atoms with Crippen LogP contribution in [-0.4, -0.2) is 7.11 Å². The summed E-state index contributed by atoms with van der Waals surface area (Å²) in [7, 11) is 1.82. The van der Waals surface area contributed by atoms with E-state index in [0.717, 1.165) is 30.6 Å². The zero-order chi connectivity index (χ0) is 14.6. The van der Waals surface area contributed by atoms with E-state index in [1.807, 2.05) is 7.11 Å². The number of allylic oxidation sites excluding steroid dienone is 4. The summed E-state index contributed by atoms with van der Waals surface area (Å²) < 4.78 is 5.49. The van der Waals surface area contributed by atoms with Gasteiger partial charge < -0.3 is 4.74 Å². The molecule has 0 aliphatic heterocycles. The van der Waals surface area contributed by atoms with Gasteiger partial charge in [-0.15, -0.1) is 0 Å². The Balaban J connectivity index is 1.62. The van der Waals surface area contributed by atoms with Gasteiger partial charge >= 0.3 is 0 Å². The number of methoxy groups -OCH3 is 1. The van der Waals surface area contributed by atoms with E-state index in [0.29, 0.717) is 5.41 Å². The first-order chi connectivity index (χ1) is 10.1. The molecule has 1 nitrogen and oxygen atoms in total. The van der Waals surface area contributed by atoms with Crippen molar-refractivity contribution in [3.8, 4) is 0 Å². The van der Waals surface area contributed by atoms with Crippen LogP contribution >= 0.6 is 0 Å². The normalized spacial score (nSPS) is 42.1. The van der Waals surface area contributed by atoms with Gasteiger partial charge in [-0.3, -0.25) is 0 Å². The van der Waals surface area contributed by atoms with Crippen molar-refractivity contribution in [1.82, 2.24) is 0 Å². The Bertz CT molecular complexity index is 538. The van der Waals surface area contributed by atoms with Crippen molar-refractivity contribution >= 4 is 0 Å². The molecule has 4 aliphatic rings. The second-order valence-electron chi connectivity index (χ2n) is 7.90. The Morgan fingerprint density at radius 3 is 2.90 bits per heavy atom. The first-order valence-electron chi connectivity index (χ1n) is 8.75. The van der Waals surface area contributed by atoms with E-state index < -0.39 is 0 Å². The molecular formula is C20H28O. The van der Waals surface area contributed by atoms with Crippen molar-refractivity contribution in [3.63, 3.8) is 0 Å². The number of fused-ring (bicyclic) bond motifs is 4. The topological polar surface area (TPSA) is 9.23 Å². The van der Waals surface area contributed by atoms with Gasteiger partial charge in [-0.2, -0.15) is 0 Å². The molecule has 0 heterocycles. The fourth-order valence-corrected chi connectivity index (χ4v) is 5.95. The molecule has 4 rings (SSSR count). The maximum atomic E-state index is 5.49.